The third-order valence-corrected chi connectivity index (χ3v) is 7.05. The molecule has 2 aromatic heterocycles. The number of fused-ring (bicyclic) bond motifs is 1. The number of hydrogen-bond donors (Lipinski definition) is 0. The average Bonchev–Trinajstić information content (AvgIpc) is 3.49. The molecule has 0 aliphatic heterocycles. The molecule has 1 aliphatic carbocycles. The number of pyridine rings is 2. The number of halogens is 3. The first-order valence-corrected chi connectivity index (χ1v) is 11.6. The van der Waals surface area contributed by atoms with E-state index in [1.54, 1.807) is 18.5 Å². The first kappa shape index (κ1) is 23.2. The predicted molar refractivity (Wildman–Crippen MR) is 129 cm³/mol. The molecule has 0 spiro atoms. The zero-order valence-corrected chi connectivity index (χ0v) is 19.5. The van der Waals surface area contributed by atoms with Crippen LogP contribution in [-0.2, 0) is 6.18 Å². The Kier molecular flexibility index (Phi) is 5.70. The van der Waals surface area contributed by atoms with Crippen molar-refractivity contribution in [2.45, 2.75) is 44.7 Å². The highest BCUT2D eigenvalue weighted by Gasteiger charge is 2.48. The lowest BCUT2D eigenvalue weighted by atomic mass is 9.84. The van der Waals surface area contributed by atoms with Gasteiger partial charge in [0, 0.05) is 35.7 Å². The van der Waals surface area contributed by atoms with Crippen molar-refractivity contribution < 1.29 is 18.0 Å². The minimum Gasteiger partial charge on any atom is -0.294 e. The van der Waals surface area contributed by atoms with Crippen LogP contribution in [0.15, 0.2) is 79.1 Å². The smallest absolute Gasteiger partial charge is 0.294 e. The summed E-state index contributed by atoms with van der Waals surface area (Å²) in [5, 5.41) is 0.864. The zero-order valence-electron chi connectivity index (χ0n) is 19.5. The van der Waals surface area contributed by atoms with Gasteiger partial charge in [-0.25, -0.2) is 0 Å². The quantitative estimate of drug-likeness (QED) is 0.271. The highest BCUT2D eigenvalue weighted by molar-refractivity contribution is 6.00. The molecule has 178 valence electrons. The maximum Gasteiger partial charge on any atom is 0.416 e. The summed E-state index contributed by atoms with van der Waals surface area (Å²) in [7, 11) is 0. The second kappa shape index (κ2) is 8.59. The van der Waals surface area contributed by atoms with E-state index < -0.39 is 17.7 Å². The van der Waals surface area contributed by atoms with Gasteiger partial charge < -0.3 is 0 Å². The Morgan fingerprint density at radius 2 is 1.69 bits per heavy atom. The summed E-state index contributed by atoms with van der Waals surface area (Å²) in [5.74, 6) is -0.237. The van der Waals surface area contributed by atoms with Crippen molar-refractivity contribution in [1.29, 1.82) is 0 Å². The molecule has 35 heavy (non-hydrogen) atoms. The predicted octanol–water partition coefficient (Wildman–Crippen LogP) is 7.57. The van der Waals surface area contributed by atoms with Crippen LogP contribution in [0.5, 0.6) is 0 Å². The van der Waals surface area contributed by atoms with Crippen LogP contribution < -0.4 is 0 Å². The SMILES string of the molecule is CC1(C)C[C@H]1c1cccnc1[C@@H](CC(=O)c1ccc2ncccc2c1)c1ccc(C(F)(F)F)cc1. The number of nitrogens with zero attached hydrogens (tertiary/aromatic N) is 2. The largest absolute Gasteiger partial charge is 0.416 e. The van der Waals surface area contributed by atoms with Gasteiger partial charge in [0.05, 0.1) is 16.8 Å². The van der Waals surface area contributed by atoms with Crippen LogP contribution in [-0.4, -0.2) is 15.8 Å². The van der Waals surface area contributed by atoms with Crippen molar-refractivity contribution in [3.05, 3.63) is 107 Å². The molecule has 2 heterocycles. The standard InChI is InChI=1S/C29H25F3N2O/c1-28(2)17-24(28)22-6-4-14-34-27(22)23(18-7-10-21(11-8-18)29(30,31)32)16-26(35)20-9-12-25-19(15-20)5-3-13-33-25/h3-15,23-24H,16-17H2,1-2H3/t23-,24-/m0/s1. The molecule has 6 heteroatoms. The van der Waals surface area contributed by atoms with Crippen LogP contribution in [0.1, 0.15) is 71.3 Å². The Balaban J connectivity index is 1.54. The van der Waals surface area contributed by atoms with Gasteiger partial charge in [0.15, 0.2) is 5.78 Å². The maximum atomic E-state index is 13.5. The molecule has 3 nitrogen and oxygen atoms in total. The van der Waals surface area contributed by atoms with E-state index in [9.17, 15) is 18.0 Å². The molecular weight excluding hydrogens is 449 g/mol. The second-order valence-electron chi connectivity index (χ2n) is 9.93. The molecule has 0 unspecified atom stereocenters. The normalized spacial score (nSPS) is 17.8. The van der Waals surface area contributed by atoms with Gasteiger partial charge in [0.1, 0.15) is 0 Å². The van der Waals surface area contributed by atoms with Gasteiger partial charge in [-0.05, 0) is 71.3 Å². The number of alkyl halides is 3. The van der Waals surface area contributed by atoms with Gasteiger partial charge in [-0.15, -0.1) is 0 Å². The maximum absolute atomic E-state index is 13.5. The average molecular weight is 475 g/mol. The third-order valence-electron chi connectivity index (χ3n) is 7.05. The van der Waals surface area contributed by atoms with Gasteiger partial charge in [-0.1, -0.05) is 38.1 Å². The number of hydrogen-bond acceptors (Lipinski definition) is 3. The summed E-state index contributed by atoms with van der Waals surface area (Å²) < 4.78 is 39.6. The van der Waals surface area contributed by atoms with Crippen LogP contribution in [0.25, 0.3) is 10.9 Å². The summed E-state index contributed by atoms with van der Waals surface area (Å²) in [6, 6.07) is 18.1. The molecule has 0 saturated heterocycles. The number of carbonyl (C=O) groups excluding carboxylic acids is 1. The fourth-order valence-electron chi connectivity index (χ4n) is 4.84. The molecule has 0 amide bonds. The van der Waals surface area contributed by atoms with Gasteiger partial charge in [-0.3, -0.25) is 14.8 Å². The molecule has 0 N–H and O–H groups in total. The molecule has 2 aromatic carbocycles. The van der Waals surface area contributed by atoms with E-state index in [4.69, 9.17) is 0 Å². The van der Waals surface area contributed by atoms with Crippen molar-refractivity contribution in [1.82, 2.24) is 9.97 Å². The van der Waals surface area contributed by atoms with Gasteiger partial charge in [0.25, 0.3) is 0 Å². The Morgan fingerprint density at radius 3 is 2.37 bits per heavy atom. The van der Waals surface area contributed by atoms with Crippen LogP contribution in [0.4, 0.5) is 13.2 Å². The fourth-order valence-corrected chi connectivity index (χ4v) is 4.84. The Hall–Kier alpha value is -3.54. The molecule has 0 radical (unpaired) electrons. The van der Waals surface area contributed by atoms with Crippen LogP contribution in [0.2, 0.25) is 0 Å². The van der Waals surface area contributed by atoms with E-state index in [0.717, 1.165) is 40.7 Å². The zero-order chi connectivity index (χ0) is 24.8. The van der Waals surface area contributed by atoms with Crippen molar-refractivity contribution >= 4 is 16.7 Å². The lowest BCUT2D eigenvalue weighted by molar-refractivity contribution is -0.137. The number of ketones is 1. The topological polar surface area (TPSA) is 42.9 Å². The summed E-state index contributed by atoms with van der Waals surface area (Å²) in [6.07, 6.45) is 0.0897. The Bertz CT molecular complexity index is 1390. The number of benzene rings is 2. The van der Waals surface area contributed by atoms with Crippen molar-refractivity contribution in [3.63, 3.8) is 0 Å². The van der Waals surface area contributed by atoms with Crippen LogP contribution in [0, 0.1) is 5.41 Å². The first-order valence-electron chi connectivity index (χ1n) is 11.6. The van der Waals surface area contributed by atoms with E-state index >= 15 is 0 Å². The molecule has 1 fully saturated rings. The van der Waals surface area contributed by atoms with Crippen molar-refractivity contribution in [2.75, 3.05) is 0 Å². The van der Waals surface area contributed by atoms with Gasteiger partial charge in [0.2, 0.25) is 0 Å². The van der Waals surface area contributed by atoms with Gasteiger partial charge in [-0.2, -0.15) is 13.2 Å². The first-order chi connectivity index (χ1) is 16.6. The second-order valence-corrected chi connectivity index (χ2v) is 9.93. The van der Waals surface area contributed by atoms with E-state index in [0.29, 0.717) is 17.0 Å². The monoisotopic (exact) mass is 474 g/mol. The molecule has 4 aromatic rings. The third kappa shape index (κ3) is 4.70. The summed E-state index contributed by atoms with van der Waals surface area (Å²) in [5.41, 5.74) is 3.25. The Labute approximate surface area is 202 Å². The van der Waals surface area contributed by atoms with E-state index in [1.165, 1.54) is 12.1 Å². The van der Waals surface area contributed by atoms with Crippen molar-refractivity contribution in [2.24, 2.45) is 5.41 Å². The number of Topliss-reactive ketones (excluding diaryl/α,β-unsaturated/α-hetero) is 1. The van der Waals surface area contributed by atoms with Gasteiger partial charge >= 0.3 is 6.18 Å². The number of aromatic nitrogens is 2. The van der Waals surface area contributed by atoms with E-state index in [-0.39, 0.29) is 17.6 Å². The highest BCUT2D eigenvalue weighted by atomic mass is 19.4. The van der Waals surface area contributed by atoms with Crippen molar-refractivity contribution in [3.8, 4) is 0 Å². The Morgan fingerprint density at radius 1 is 1.00 bits per heavy atom. The molecule has 5 rings (SSSR count). The highest BCUT2D eigenvalue weighted by Crippen LogP contribution is 2.59. The molecule has 2 atom stereocenters. The van der Waals surface area contributed by atoms with Crippen LogP contribution in [0.3, 0.4) is 0 Å². The molecule has 0 bridgehead atoms. The fraction of sp³-hybridized carbons (Fsp3) is 0.276. The molecule has 1 saturated carbocycles. The van der Waals surface area contributed by atoms with E-state index in [2.05, 4.69) is 23.8 Å². The lowest BCUT2D eigenvalue weighted by Crippen LogP contribution is -2.14. The molecule has 1 aliphatic rings. The molecular formula is C29H25F3N2O. The summed E-state index contributed by atoms with van der Waals surface area (Å²) in [6.45, 7) is 4.38. The summed E-state index contributed by atoms with van der Waals surface area (Å²) in [4.78, 5) is 22.4. The van der Waals surface area contributed by atoms with Crippen LogP contribution >= 0.6 is 0 Å². The number of rotatable bonds is 6. The van der Waals surface area contributed by atoms with E-state index in [1.807, 2.05) is 36.4 Å². The lowest BCUT2D eigenvalue weighted by Gasteiger charge is -2.21. The summed E-state index contributed by atoms with van der Waals surface area (Å²) >= 11 is 0. The number of carbonyl (C=O) groups is 1. The minimum atomic E-state index is -4.42. The minimum absolute atomic E-state index is 0.0905.